The van der Waals surface area contributed by atoms with Crippen LogP contribution in [0.4, 0.5) is 8.78 Å². The molecule has 2 nitrogen and oxygen atoms in total. The zero-order chi connectivity index (χ0) is 19.8. The van der Waals surface area contributed by atoms with Gasteiger partial charge in [-0.15, -0.1) is 0 Å². The van der Waals surface area contributed by atoms with Gasteiger partial charge in [0.25, 0.3) is 0 Å². The van der Waals surface area contributed by atoms with Crippen molar-refractivity contribution in [3.63, 3.8) is 0 Å². The molecule has 1 heterocycles. The number of hydrogen-bond donors (Lipinski definition) is 0. The largest absolute Gasteiger partial charge is 0.494 e. The van der Waals surface area contributed by atoms with E-state index in [1.54, 1.807) is 0 Å². The van der Waals surface area contributed by atoms with E-state index in [1.165, 1.54) is 43.4 Å². The van der Waals surface area contributed by atoms with Crippen LogP contribution >= 0.6 is 0 Å². The molecule has 0 N–H and O–H groups in total. The molecular weight excluding hydrogens is 356 g/mol. The SMILES string of the molecule is CCCCCOc1ccc([C@H]2CC[C@H](CCc3ccc(F)nc3F)CC2)cc1. The number of rotatable bonds is 9. The van der Waals surface area contributed by atoms with Crippen molar-refractivity contribution >= 4 is 0 Å². The van der Waals surface area contributed by atoms with Crippen LogP contribution in [0, 0.1) is 17.8 Å². The Kier molecular flexibility index (Phi) is 7.81. The van der Waals surface area contributed by atoms with Crippen LogP contribution in [0.1, 0.15) is 75.3 Å². The number of ether oxygens (including phenoxy) is 1. The monoisotopic (exact) mass is 387 g/mol. The van der Waals surface area contributed by atoms with Gasteiger partial charge in [0, 0.05) is 5.56 Å². The van der Waals surface area contributed by atoms with E-state index in [1.807, 2.05) is 0 Å². The highest BCUT2D eigenvalue weighted by Crippen LogP contribution is 2.38. The highest BCUT2D eigenvalue weighted by atomic mass is 19.1. The van der Waals surface area contributed by atoms with E-state index in [-0.39, 0.29) is 0 Å². The molecule has 1 aliphatic carbocycles. The first-order valence-corrected chi connectivity index (χ1v) is 10.7. The number of aryl methyl sites for hydroxylation is 1. The Labute approximate surface area is 167 Å². The summed E-state index contributed by atoms with van der Waals surface area (Å²) >= 11 is 0. The summed E-state index contributed by atoms with van der Waals surface area (Å²) in [6, 6.07) is 11.4. The first-order chi connectivity index (χ1) is 13.7. The highest BCUT2D eigenvalue weighted by Gasteiger charge is 2.22. The molecular formula is C24H31F2NO. The molecule has 0 bridgehead atoms. The van der Waals surface area contributed by atoms with Crippen LogP contribution in [0.15, 0.2) is 36.4 Å². The third-order valence-electron chi connectivity index (χ3n) is 5.93. The Balaban J connectivity index is 1.42. The molecule has 0 aliphatic heterocycles. The lowest BCUT2D eigenvalue weighted by Gasteiger charge is -2.29. The molecule has 0 saturated heterocycles. The predicted molar refractivity (Wildman–Crippen MR) is 109 cm³/mol. The highest BCUT2D eigenvalue weighted by molar-refractivity contribution is 5.29. The molecule has 4 heteroatoms. The van der Waals surface area contributed by atoms with Crippen LogP contribution in [-0.4, -0.2) is 11.6 Å². The van der Waals surface area contributed by atoms with Crippen molar-refractivity contribution in [1.29, 1.82) is 0 Å². The number of nitrogens with zero attached hydrogens (tertiary/aromatic N) is 1. The predicted octanol–water partition coefficient (Wildman–Crippen LogP) is 6.84. The average molecular weight is 388 g/mol. The summed E-state index contributed by atoms with van der Waals surface area (Å²) in [7, 11) is 0. The number of aromatic nitrogens is 1. The standard InChI is InChI=1S/C24H31F2NO/c1-2-3-4-17-28-22-14-11-20(12-15-22)19-8-5-18(6-9-19)7-10-21-13-16-23(25)27-24(21)26/h11-16,18-19H,2-10,17H2,1H3/t18-,19-. The molecule has 0 spiro atoms. The summed E-state index contributed by atoms with van der Waals surface area (Å²) in [6.07, 6.45) is 9.79. The summed E-state index contributed by atoms with van der Waals surface area (Å²) in [5.74, 6) is 0.768. The van der Waals surface area contributed by atoms with Crippen LogP contribution in [0.3, 0.4) is 0 Å². The van der Waals surface area contributed by atoms with E-state index >= 15 is 0 Å². The Hall–Kier alpha value is -1.97. The number of unbranched alkanes of at least 4 members (excludes halogenated alkanes) is 2. The second kappa shape index (κ2) is 10.5. The second-order valence-electron chi connectivity index (χ2n) is 7.96. The lowest BCUT2D eigenvalue weighted by Crippen LogP contribution is -2.14. The molecule has 0 atom stereocenters. The van der Waals surface area contributed by atoms with Crippen molar-refractivity contribution < 1.29 is 13.5 Å². The first-order valence-electron chi connectivity index (χ1n) is 10.7. The number of benzene rings is 1. The van der Waals surface area contributed by atoms with Gasteiger partial charge in [0.15, 0.2) is 0 Å². The summed E-state index contributed by atoms with van der Waals surface area (Å²) in [5.41, 5.74) is 1.92. The Morgan fingerprint density at radius 3 is 2.39 bits per heavy atom. The first kappa shape index (κ1) is 20.8. The van der Waals surface area contributed by atoms with Crippen LogP contribution in [0.2, 0.25) is 0 Å². The summed E-state index contributed by atoms with van der Waals surface area (Å²) in [5, 5.41) is 0. The van der Waals surface area contributed by atoms with Gasteiger partial charge < -0.3 is 4.74 Å². The fourth-order valence-corrected chi connectivity index (χ4v) is 4.15. The maximum absolute atomic E-state index is 13.7. The Morgan fingerprint density at radius 2 is 1.71 bits per heavy atom. The molecule has 0 unspecified atom stereocenters. The van der Waals surface area contributed by atoms with Crippen LogP contribution in [0.5, 0.6) is 5.75 Å². The van der Waals surface area contributed by atoms with E-state index in [2.05, 4.69) is 36.2 Å². The molecule has 1 aromatic heterocycles. The molecule has 0 radical (unpaired) electrons. The van der Waals surface area contributed by atoms with Gasteiger partial charge in [-0.3, -0.25) is 0 Å². The van der Waals surface area contributed by atoms with E-state index in [9.17, 15) is 8.78 Å². The molecule has 1 aromatic carbocycles. The van der Waals surface area contributed by atoms with E-state index < -0.39 is 11.9 Å². The number of hydrogen-bond acceptors (Lipinski definition) is 2. The van der Waals surface area contributed by atoms with Crippen LogP contribution in [-0.2, 0) is 6.42 Å². The van der Waals surface area contributed by atoms with E-state index in [4.69, 9.17) is 4.74 Å². The minimum Gasteiger partial charge on any atom is -0.494 e. The zero-order valence-electron chi connectivity index (χ0n) is 16.8. The normalized spacial score (nSPS) is 19.5. The van der Waals surface area contributed by atoms with Gasteiger partial charge in [-0.25, -0.2) is 0 Å². The maximum Gasteiger partial charge on any atom is 0.218 e. The smallest absolute Gasteiger partial charge is 0.218 e. The van der Waals surface area contributed by atoms with E-state index in [0.29, 0.717) is 23.8 Å². The van der Waals surface area contributed by atoms with Gasteiger partial charge in [-0.1, -0.05) is 31.9 Å². The molecule has 1 saturated carbocycles. The van der Waals surface area contributed by atoms with Gasteiger partial charge in [-0.05, 0) is 86.6 Å². The third-order valence-corrected chi connectivity index (χ3v) is 5.93. The molecule has 152 valence electrons. The third kappa shape index (κ3) is 6.02. The lowest BCUT2D eigenvalue weighted by molar-refractivity contribution is 0.303. The fraction of sp³-hybridized carbons (Fsp3) is 0.542. The Bertz CT molecular complexity index is 724. The van der Waals surface area contributed by atoms with Crippen molar-refractivity contribution in [2.24, 2.45) is 5.92 Å². The molecule has 1 aliphatic rings. The van der Waals surface area contributed by atoms with Crippen molar-refractivity contribution in [2.45, 2.75) is 70.6 Å². The fourth-order valence-electron chi connectivity index (χ4n) is 4.15. The molecule has 2 aromatic rings. The number of pyridine rings is 1. The molecule has 3 rings (SSSR count). The van der Waals surface area contributed by atoms with Gasteiger partial charge in [0.2, 0.25) is 11.9 Å². The van der Waals surface area contributed by atoms with Gasteiger partial charge in [0.05, 0.1) is 6.61 Å². The molecule has 0 amide bonds. The Morgan fingerprint density at radius 1 is 0.964 bits per heavy atom. The molecule has 28 heavy (non-hydrogen) atoms. The van der Waals surface area contributed by atoms with Gasteiger partial charge in [0.1, 0.15) is 5.75 Å². The minimum absolute atomic E-state index is 0.526. The van der Waals surface area contributed by atoms with Crippen LogP contribution in [0.25, 0.3) is 0 Å². The summed E-state index contributed by atoms with van der Waals surface area (Å²) in [4.78, 5) is 3.28. The van der Waals surface area contributed by atoms with Crippen molar-refractivity contribution in [3.05, 3.63) is 59.4 Å². The zero-order valence-corrected chi connectivity index (χ0v) is 16.8. The van der Waals surface area contributed by atoms with Gasteiger partial charge >= 0.3 is 0 Å². The number of halogens is 2. The van der Waals surface area contributed by atoms with Crippen LogP contribution < -0.4 is 4.74 Å². The summed E-state index contributed by atoms with van der Waals surface area (Å²) < 4.78 is 32.4. The lowest BCUT2D eigenvalue weighted by atomic mass is 9.77. The van der Waals surface area contributed by atoms with Crippen molar-refractivity contribution in [3.8, 4) is 5.75 Å². The second-order valence-corrected chi connectivity index (χ2v) is 7.96. The van der Waals surface area contributed by atoms with E-state index in [0.717, 1.165) is 38.0 Å². The summed E-state index contributed by atoms with van der Waals surface area (Å²) in [6.45, 7) is 2.99. The minimum atomic E-state index is -0.751. The maximum atomic E-state index is 13.7. The quantitative estimate of drug-likeness (QED) is 0.347. The van der Waals surface area contributed by atoms with Crippen molar-refractivity contribution in [2.75, 3.05) is 6.61 Å². The van der Waals surface area contributed by atoms with Crippen molar-refractivity contribution in [1.82, 2.24) is 4.98 Å². The molecule has 1 fully saturated rings. The van der Waals surface area contributed by atoms with Gasteiger partial charge in [-0.2, -0.15) is 13.8 Å². The average Bonchev–Trinajstić information content (AvgIpc) is 2.72. The topological polar surface area (TPSA) is 22.1 Å².